The first kappa shape index (κ1) is 11.1. The molecule has 2 aromatic rings. The number of nitrogens with zero attached hydrogens (tertiary/aromatic N) is 2. The first-order valence-electron chi connectivity index (χ1n) is 4.43. The summed E-state index contributed by atoms with van der Waals surface area (Å²) in [7, 11) is 1.66. The molecule has 0 spiro atoms. The summed E-state index contributed by atoms with van der Waals surface area (Å²) in [5.74, 6) is -0.905. The SMILES string of the molecule is Cn1nc(-c2cc(F)c(Br)c(F)c2)cc1N. The van der Waals surface area contributed by atoms with Crippen LogP contribution in [-0.4, -0.2) is 9.78 Å². The Morgan fingerprint density at radius 2 is 1.81 bits per heavy atom. The minimum Gasteiger partial charge on any atom is -0.384 e. The van der Waals surface area contributed by atoms with Gasteiger partial charge in [-0.05, 0) is 28.1 Å². The third-order valence-corrected chi connectivity index (χ3v) is 2.95. The van der Waals surface area contributed by atoms with Crippen molar-refractivity contribution in [1.82, 2.24) is 9.78 Å². The summed E-state index contributed by atoms with van der Waals surface area (Å²) in [5, 5.41) is 4.04. The number of benzene rings is 1. The minimum absolute atomic E-state index is 0.180. The second-order valence-corrected chi connectivity index (χ2v) is 4.12. The van der Waals surface area contributed by atoms with E-state index in [4.69, 9.17) is 5.73 Å². The number of anilines is 1. The van der Waals surface area contributed by atoms with Crippen molar-refractivity contribution in [3.05, 3.63) is 34.3 Å². The maximum absolute atomic E-state index is 13.3. The zero-order chi connectivity index (χ0) is 11.9. The van der Waals surface area contributed by atoms with Crippen molar-refractivity contribution in [1.29, 1.82) is 0 Å². The van der Waals surface area contributed by atoms with Crippen LogP contribution in [0.4, 0.5) is 14.6 Å². The average molecular weight is 288 g/mol. The lowest BCUT2D eigenvalue weighted by atomic mass is 10.1. The molecule has 0 amide bonds. The fraction of sp³-hybridized carbons (Fsp3) is 0.100. The van der Waals surface area contributed by atoms with E-state index in [9.17, 15) is 8.78 Å². The van der Waals surface area contributed by atoms with Gasteiger partial charge in [-0.1, -0.05) is 0 Å². The molecule has 0 bridgehead atoms. The third kappa shape index (κ3) is 1.80. The van der Waals surface area contributed by atoms with Crippen LogP contribution in [0.1, 0.15) is 0 Å². The largest absolute Gasteiger partial charge is 0.384 e. The average Bonchev–Trinajstić information content (AvgIpc) is 2.55. The monoisotopic (exact) mass is 287 g/mol. The van der Waals surface area contributed by atoms with Crippen molar-refractivity contribution < 1.29 is 8.78 Å². The van der Waals surface area contributed by atoms with Crippen LogP contribution in [-0.2, 0) is 7.05 Å². The van der Waals surface area contributed by atoms with E-state index < -0.39 is 11.6 Å². The van der Waals surface area contributed by atoms with Crippen LogP contribution >= 0.6 is 15.9 Å². The molecule has 0 aliphatic heterocycles. The summed E-state index contributed by atoms with van der Waals surface area (Å²) in [6.07, 6.45) is 0. The smallest absolute Gasteiger partial charge is 0.141 e. The summed E-state index contributed by atoms with van der Waals surface area (Å²) in [4.78, 5) is 0. The number of aromatic nitrogens is 2. The quantitative estimate of drug-likeness (QED) is 0.820. The Bertz CT molecular complexity index is 508. The lowest BCUT2D eigenvalue weighted by molar-refractivity contribution is 0.572. The van der Waals surface area contributed by atoms with Crippen LogP contribution in [0.15, 0.2) is 22.7 Å². The number of halogens is 3. The van der Waals surface area contributed by atoms with Gasteiger partial charge in [-0.25, -0.2) is 8.78 Å². The van der Waals surface area contributed by atoms with E-state index in [0.29, 0.717) is 17.1 Å². The molecule has 3 nitrogen and oxygen atoms in total. The number of nitrogens with two attached hydrogens (primary N) is 1. The van der Waals surface area contributed by atoms with Crippen molar-refractivity contribution in [2.45, 2.75) is 0 Å². The van der Waals surface area contributed by atoms with E-state index in [1.165, 1.54) is 16.8 Å². The molecule has 0 fully saturated rings. The molecule has 1 heterocycles. The van der Waals surface area contributed by atoms with Crippen LogP contribution in [0.5, 0.6) is 0 Å². The van der Waals surface area contributed by atoms with E-state index in [1.807, 2.05) is 0 Å². The molecule has 2 rings (SSSR count). The fourth-order valence-electron chi connectivity index (χ4n) is 1.33. The summed E-state index contributed by atoms with van der Waals surface area (Å²) in [6, 6.07) is 3.96. The van der Waals surface area contributed by atoms with E-state index in [-0.39, 0.29) is 4.47 Å². The highest BCUT2D eigenvalue weighted by molar-refractivity contribution is 9.10. The normalized spacial score (nSPS) is 10.8. The zero-order valence-electron chi connectivity index (χ0n) is 8.34. The number of hydrogen-bond donors (Lipinski definition) is 1. The predicted molar refractivity (Wildman–Crippen MR) is 60.7 cm³/mol. The third-order valence-electron chi connectivity index (χ3n) is 2.20. The van der Waals surface area contributed by atoms with Crippen LogP contribution < -0.4 is 5.73 Å². The van der Waals surface area contributed by atoms with Crippen molar-refractivity contribution in [2.24, 2.45) is 7.05 Å². The summed E-state index contributed by atoms with van der Waals surface area (Å²) in [6.45, 7) is 0. The molecule has 0 unspecified atom stereocenters. The Morgan fingerprint density at radius 3 is 2.25 bits per heavy atom. The molecule has 0 saturated carbocycles. The summed E-state index contributed by atoms with van der Waals surface area (Å²) < 4.78 is 27.8. The molecule has 2 N–H and O–H groups in total. The molecular weight excluding hydrogens is 280 g/mol. The van der Waals surface area contributed by atoms with Gasteiger partial charge in [0.1, 0.15) is 17.5 Å². The maximum Gasteiger partial charge on any atom is 0.141 e. The second-order valence-electron chi connectivity index (χ2n) is 3.33. The van der Waals surface area contributed by atoms with Crippen LogP contribution in [0, 0.1) is 11.6 Å². The van der Waals surface area contributed by atoms with Gasteiger partial charge < -0.3 is 5.73 Å². The van der Waals surface area contributed by atoms with Crippen LogP contribution in [0.3, 0.4) is 0 Å². The van der Waals surface area contributed by atoms with E-state index in [1.54, 1.807) is 13.1 Å². The molecule has 0 aliphatic carbocycles. The fourth-order valence-corrected chi connectivity index (χ4v) is 1.56. The Balaban J connectivity index is 2.56. The molecule has 6 heteroatoms. The number of rotatable bonds is 1. The van der Waals surface area contributed by atoms with Gasteiger partial charge in [0, 0.05) is 18.7 Å². The van der Waals surface area contributed by atoms with Gasteiger partial charge in [0.25, 0.3) is 0 Å². The van der Waals surface area contributed by atoms with Crippen molar-refractivity contribution >= 4 is 21.7 Å². The molecule has 84 valence electrons. The standard InChI is InChI=1S/C10H8BrF2N3/c1-16-9(14)4-8(15-16)5-2-6(12)10(11)7(13)3-5/h2-4H,14H2,1H3. The Morgan fingerprint density at radius 1 is 1.25 bits per heavy atom. The highest BCUT2D eigenvalue weighted by atomic mass is 79.9. The summed E-state index contributed by atoms with van der Waals surface area (Å²) >= 11 is 2.81. The zero-order valence-corrected chi connectivity index (χ0v) is 9.92. The minimum atomic E-state index is -0.667. The van der Waals surface area contributed by atoms with Crippen LogP contribution in [0.2, 0.25) is 0 Å². The molecular formula is C10H8BrF2N3. The van der Waals surface area contributed by atoms with Crippen LogP contribution in [0.25, 0.3) is 11.3 Å². The Labute approximate surface area is 99.0 Å². The van der Waals surface area contributed by atoms with Crippen molar-refractivity contribution in [3.63, 3.8) is 0 Å². The number of aryl methyl sites for hydroxylation is 1. The molecule has 1 aromatic heterocycles. The molecule has 16 heavy (non-hydrogen) atoms. The van der Waals surface area contributed by atoms with E-state index in [0.717, 1.165) is 0 Å². The van der Waals surface area contributed by atoms with E-state index in [2.05, 4.69) is 21.0 Å². The van der Waals surface area contributed by atoms with Gasteiger partial charge in [0.15, 0.2) is 0 Å². The Kier molecular flexibility index (Phi) is 2.67. The predicted octanol–water partition coefficient (Wildman–Crippen LogP) is 2.71. The number of hydrogen-bond acceptors (Lipinski definition) is 2. The van der Waals surface area contributed by atoms with Gasteiger partial charge in [-0.15, -0.1) is 0 Å². The molecule has 0 aliphatic rings. The highest BCUT2D eigenvalue weighted by Gasteiger charge is 2.12. The number of nitrogen functional groups attached to an aromatic ring is 1. The van der Waals surface area contributed by atoms with Crippen molar-refractivity contribution in [3.8, 4) is 11.3 Å². The molecule has 1 aromatic carbocycles. The van der Waals surface area contributed by atoms with E-state index >= 15 is 0 Å². The first-order valence-corrected chi connectivity index (χ1v) is 5.23. The van der Waals surface area contributed by atoms with Gasteiger partial charge in [-0.2, -0.15) is 5.10 Å². The maximum atomic E-state index is 13.3. The first-order chi connectivity index (χ1) is 7.49. The molecule has 0 saturated heterocycles. The highest BCUT2D eigenvalue weighted by Crippen LogP contribution is 2.27. The van der Waals surface area contributed by atoms with Gasteiger partial charge >= 0.3 is 0 Å². The summed E-state index contributed by atoms with van der Waals surface area (Å²) in [5.41, 5.74) is 6.38. The Hall–Kier alpha value is -1.43. The topological polar surface area (TPSA) is 43.8 Å². The lowest BCUT2D eigenvalue weighted by Gasteiger charge is -2.00. The lowest BCUT2D eigenvalue weighted by Crippen LogP contribution is -1.96. The second kappa shape index (κ2) is 3.86. The van der Waals surface area contributed by atoms with Crippen molar-refractivity contribution in [2.75, 3.05) is 5.73 Å². The van der Waals surface area contributed by atoms with Gasteiger partial charge in [0.2, 0.25) is 0 Å². The molecule has 0 atom stereocenters. The molecule has 0 radical (unpaired) electrons. The van der Waals surface area contributed by atoms with Gasteiger partial charge in [0.05, 0.1) is 10.2 Å². The van der Waals surface area contributed by atoms with Gasteiger partial charge in [-0.3, -0.25) is 4.68 Å².